The van der Waals surface area contributed by atoms with Crippen molar-refractivity contribution < 1.29 is 19.0 Å². The summed E-state index contributed by atoms with van der Waals surface area (Å²) in [5, 5.41) is 9.80. The molecule has 0 saturated heterocycles. The van der Waals surface area contributed by atoms with Crippen molar-refractivity contribution in [2.24, 2.45) is 5.10 Å². The lowest BCUT2D eigenvalue weighted by atomic mass is 10.1. The summed E-state index contributed by atoms with van der Waals surface area (Å²) in [5.74, 6) is 0.608. The molecule has 0 aliphatic carbocycles. The van der Waals surface area contributed by atoms with Crippen molar-refractivity contribution in [3.63, 3.8) is 0 Å². The van der Waals surface area contributed by atoms with E-state index in [1.165, 1.54) is 39.7 Å². The molecule has 1 amide bonds. The van der Waals surface area contributed by atoms with Gasteiger partial charge < -0.3 is 14.2 Å². The van der Waals surface area contributed by atoms with Crippen LogP contribution in [0.3, 0.4) is 0 Å². The van der Waals surface area contributed by atoms with Crippen LogP contribution in [0.25, 0.3) is 0 Å². The highest BCUT2D eigenvalue weighted by Gasteiger charge is 2.18. The van der Waals surface area contributed by atoms with E-state index in [1.807, 2.05) is 0 Å². The average Bonchev–Trinajstić information content (AvgIpc) is 3.07. The van der Waals surface area contributed by atoms with Gasteiger partial charge in [0.2, 0.25) is 5.75 Å². The topological polar surface area (TPSA) is 87.0 Å². The SMILES string of the molecule is COc1cc(C(=O)NN=Cc2c(C)nn(Cc3c(Cl)cccc3Cl)c2Cl)cc(OC)c1OC. The highest BCUT2D eigenvalue weighted by molar-refractivity contribution is 6.36. The lowest BCUT2D eigenvalue weighted by molar-refractivity contribution is 0.0954. The highest BCUT2D eigenvalue weighted by atomic mass is 35.5. The Labute approximate surface area is 206 Å². The second kappa shape index (κ2) is 10.8. The van der Waals surface area contributed by atoms with Crippen molar-refractivity contribution in [1.82, 2.24) is 15.2 Å². The van der Waals surface area contributed by atoms with Crippen LogP contribution in [-0.4, -0.2) is 43.2 Å². The molecule has 0 bridgehead atoms. The van der Waals surface area contributed by atoms with E-state index in [9.17, 15) is 4.79 Å². The molecule has 0 atom stereocenters. The van der Waals surface area contributed by atoms with Crippen LogP contribution in [0.1, 0.15) is 27.2 Å². The third-order valence-electron chi connectivity index (χ3n) is 4.77. The lowest BCUT2D eigenvalue weighted by Gasteiger charge is -2.13. The number of amides is 1. The van der Waals surface area contributed by atoms with Crippen LogP contribution >= 0.6 is 34.8 Å². The Hall–Kier alpha value is -2.94. The minimum absolute atomic E-state index is 0.272. The Morgan fingerprint density at radius 2 is 1.70 bits per heavy atom. The van der Waals surface area contributed by atoms with E-state index in [-0.39, 0.29) is 12.1 Å². The molecule has 0 saturated carbocycles. The van der Waals surface area contributed by atoms with E-state index in [4.69, 9.17) is 49.0 Å². The van der Waals surface area contributed by atoms with Crippen LogP contribution in [0.2, 0.25) is 15.2 Å². The van der Waals surface area contributed by atoms with Gasteiger partial charge in [0.05, 0.1) is 45.3 Å². The third-order valence-corrected chi connectivity index (χ3v) is 5.87. The summed E-state index contributed by atoms with van der Waals surface area (Å²) in [6.07, 6.45) is 1.42. The van der Waals surface area contributed by atoms with Crippen LogP contribution in [-0.2, 0) is 6.54 Å². The molecule has 1 aromatic heterocycles. The summed E-state index contributed by atoms with van der Waals surface area (Å²) in [6, 6.07) is 8.30. The summed E-state index contributed by atoms with van der Waals surface area (Å²) in [6.45, 7) is 2.06. The molecular weight excluding hydrogens is 491 g/mol. The van der Waals surface area contributed by atoms with E-state index in [0.29, 0.717) is 49.3 Å². The standard InChI is InChI=1S/C22H21Cl3N4O4/c1-12-14(21(25)29(28-12)11-15-16(23)6-5-7-17(15)24)10-26-27-22(30)13-8-18(31-2)20(33-4)19(9-13)32-3/h5-10H,11H2,1-4H3,(H,27,30). The molecule has 0 fully saturated rings. The van der Waals surface area contributed by atoms with E-state index in [2.05, 4.69) is 15.6 Å². The number of hydrogen-bond donors (Lipinski definition) is 1. The molecule has 3 rings (SSSR count). The Kier molecular flexibility index (Phi) is 8.07. The summed E-state index contributed by atoms with van der Waals surface area (Å²) in [5.41, 5.74) is 4.60. The molecule has 0 aliphatic rings. The van der Waals surface area contributed by atoms with E-state index in [0.717, 1.165) is 0 Å². The van der Waals surface area contributed by atoms with Crippen LogP contribution in [0, 0.1) is 6.92 Å². The Morgan fingerprint density at radius 1 is 1.09 bits per heavy atom. The number of ether oxygens (including phenoxy) is 3. The van der Waals surface area contributed by atoms with Gasteiger partial charge in [-0.25, -0.2) is 10.1 Å². The fourth-order valence-electron chi connectivity index (χ4n) is 3.08. The van der Waals surface area contributed by atoms with Crippen LogP contribution in [0.4, 0.5) is 0 Å². The molecule has 2 aromatic carbocycles. The Balaban J connectivity index is 1.79. The number of aryl methyl sites for hydroxylation is 1. The number of carbonyl (C=O) groups excluding carboxylic acids is 1. The number of hydrogen-bond acceptors (Lipinski definition) is 6. The van der Waals surface area contributed by atoms with Gasteiger partial charge in [0.25, 0.3) is 5.91 Å². The average molecular weight is 512 g/mol. The lowest BCUT2D eigenvalue weighted by Crippen LogP contribution is -2.18. The zero-order valence-electron chi connectivity index (χ0n) is 18.3. The number of carbonyl (C=O) groups is 1. The van der Waals surface area contributed by atoms with Crippen molar-refractivity contribution in [3.8, 4) is 17.2 Å². The molecule has 0 spiro atoms. The van der Waals surface area contributed by atoms with Crippen molar-refractivity contribution in [2.45, 2.75) is 13.5 Å². The van der Waals surface area contributed by atoms with Crippen molar-refractivity contribution in [1.29, 1.82) is 0 Å². The van der Waals surface area contributed by atoms with Crippen molar-refractivity contribution in [3.05, 3.63) is 67.9 Å². The normalized spacial score (nSPS) is 11.0. The molecule has 0 radical (unpaired) electrons. The molecular formula is C22H21Cl3N4O4. The first-order chi connectivity index (χ1) is 15.8. The molecule has 0 unspecified atom stereocenters. The summed E-state index contributed by atoms with van der Waals surface area (Å²) in [4.78, 5) is 12.6. The number of rotatable bonds is 8. The van der Waals surface area contributed by atoms with Crippen molar-refractivity contribution >= 4 is 46.9 Å². The zero-order chi connectivity index (χ0) is 24.1. The highest BCUT2D eigenvalue weighted by Crippen LogP contribution is 2.38. The molecule has 8 nitrogen and oxygen atoms in total. The van der Waals surface area contributed by atoms with Gasteiger partial charge in [-0.15, -0.1) is 0 Å². The summed E-state index contributed by atoms with van der Waals surface area (Å²) in [7, 11) is 4.42. The maximum atomic E-state index is 12.6. The quantitative estimate of drug-likeness (QED) is 0.340. The number of aromatic nitrogens is 2. The first-order valence-electron chi connectivity index (χ1n) is 9.59. The monoisotopic (exact) mass is 510 g/mol. The van der Waals surface area contributed by atoms with Gasteiger partial charge in [0.15, 0.2) is 11.5 Å². The minimum atomic E-state index is -0.477. The fourth-order valence-corrected chi connectivity index (χ4v) is 3.88. The van der Waals surface area contributed by atoms with Crippen LogP contribution in [0.5, 0.6) is 17.2 Å². The minimum Gasteiger partial charge on any atom is -0.493 e. The summed E-state index contributed by atoms with van der Waals surface area (Å²) < 4.78 is 17.4. The Morgan fingerprint density at radius 3 is 2.24 bits per heavy atom. The first-order valence-corrected chi connectivity index (χ1v) is 10.7. The first kappa shape index (κ1) is 24.7. The van der Waals surface area contributed by atoms with Gasteiger partial charge in [-0.2, -0.15) is 10.2 Å². The number of halogens is 3. The molecule has 0 aliphatic heterocycles. The smallest absolute Gasteiger partial charge is 0.271 e. The second-order valence-corrected chi connectivity index (χ2v) is 7.93. The van der Waals surface area contributed by atoms with E-state index < -0.39 is 5.91 Å². The second-order valence-electron chi connectivity index (χ2n) is 6.76. The maximum absolute atomic E-state index is 12.6. The molecule has 33 heavy (non-hydrogen) atoms. The van der Waals surface area contributed by atoms with Gasteiger partial charge in [-0.1, -0.05) is 40.9 Å². The van der Waals surface area contributed by atoms with Crippen LogP contribution < -0.4 is 19.6 Å². The van der Waals surface area contributed by atoms with Gasteiger partial charge >= 0.3 is 0 Å². The van der Waals surface area contributed by atoms with Gasteiger partial charge in [0.1, 0.15) is 5.15 Å². The molecule has 174 valence electrons. The number of nitrogens with zero attached hydrogens (tertiary/aromatic N) is 3. The largest absolute Gasteiger partial charge is 0.493 e. The zero-order valence-corrected chi connectivity index (χ0v) is 20.5. The fraction of sp³-hybridized carbons (Fsp3) is 0.227. The van der Waals surface area contributed by atoms with E-state index >= 15 is 0 Å². The molecule has 1 heterocycles. The van der Waals surface area contributed by atoms with Gasteiger partial charge in [-0.3, -0.25) is 4.79 Å². The van der Waals surface area contributed by atoms with Crippen molar-refractivity contribution in [2.75, 3.05) is 21.3 Å². The maximum Gasteiger partial charge on any atom is 0.271 e. The van der Waals surface area contributed by atoms with E-state index in [1.54, 1.807) is 29.8 Å². The molecule has 3 aromatic rings. The molecule has 1 N–H and O–H groups in total. The third kappa shape index (κ3) is 5.35. The predicted octanol–water partition coefficient (Wildman–Crippen LogP) is 4.99. The number of methoxy groups -OCH3 is 3. The predicted molar refractivity (Wildman–Crippen MR) is 129 cm³/mol. The number of benzene rings is 2. The molecule has 11 heteroatoms. The summed E-state index contributed by atoms with van der Waals surface area (Å²) >= 11 is 19.0. The van der Waals surface area contributed by atoms with Gasteiger partial charge in [-0.05, 0) is 31.2 Å². The number of nitrogens with one attached hydrogen (secondary N) is 1. The Bertz CT molecular complexity index is 1170. The number of hydrazone groups is 1. The van der Waals surface area contributed by atoms with Gasteiger partial charge in [0, 0.05) is 21.2 Å². The van der Waals surface area contributed by atoms with Crippen LogP contribution in [0.15, 0.2) is 35.4 Å².